The van der Waals surface area contributed by atoms with E-state index in [2.05, 4.69) is 5.32 Å². The van der Waals surface area contributed by atoms with Gasteiger partial charge in [-0.15, -0.1) is 0 Å². The molecule has 0 spiro atoms. The first kappa shape index (κ1) is 22.3. The van der Waals surface area contributed by atoms with Gasteiger partial charge in [0.25, 0.3) is 5.91 Å². The number of hydrogen-bond donors (Lipinski definition) is 1. The van der Waals surface area contributed by atoms with Gasteiger partial charge in [0.15, 0.2) is 11.6 Å². The van der Waals surface area contributed by atoms with Gasteiger partial charge < -0.3 is 15.1 Å². The lowest BCUT2D eigenvalue weighted by molar-refractivity contribution is -0.124. The van der Waals surface area contributed by atoms with E-state index < -0.39 is 17.3 Å². The van der Waals surface area contributed by atoms with Crippen molar-refractivity contribution in [2.24, 2.45) is 5.92 Å². The smallest absolute Gasteiger partial charge is 0.258 e. The number of nitrogens with zero attached hydrogens (tertiary/aromatic N) is 3. The highest BCUT2D eigenvalue weighted by atomic mass is 19.2. The number of carbonyl (C=O) groups is 3. The average molecular weight is 469 g/mol. The molecule has 0 aliphatic carbocycles. The number of para-hydroxylation sites is 1. The molecule has 1 N–H and O–H groups in total. The summed E-state index contributed by atoms with van der Waals surface area (Å²) in [6, 6.07) is 10.8. The van der Waals surface area contributed by atoms with Crippen molar-refractivity contribution in [2.75, 3.05) is 36.0 Å². The quantitative estimate of drug-likeness (QED) is 0.733. The molecule has 3 heterocycles. The van der Waals surface area contributed by atoms with E-state index in [9.17, 15) is 23.2 Å². The van der Waals surface area contributed by atoms with E-state index in [1.807, 2.05) is 11.8 Å². The number of fused-ring (bicyclic) bond motifs is 3. The maximum Gasteiger partial charge on any atom is 0.258 e. The second kappa shape index (κ2) is 8.38. The highest BCUT2D eigenvalue weighted by Crippen LogP contribution is 2.43. The van der Waals surface area contributed by atoms with Crippen LogP contribution in [-0.2, 0) is 9.59 Å². The monoisotopic (exact) mass is 468 g/mol. The van der Waals surface area contributed by atoms with Crippen LogP contribution in [0.3, 0.4) is 0 Å². The Bertz CT molecular complexity index is 1170. The van der Waals surface area contributed by atoms with Gasteiger partial charge in [-0.1, -0.05) is 12.1 Å². The lowest BCUT2D eigenvalue weighted by atomic mass is 9.98. The van der Waals surface area contributed by atoms with E-state index >= 15 is 0 Å². The molecule has 2 unspecified atom stereocenters. The Labute approximate surface area is 196 Å². The van der Waals surface area contributed by atoms with Crippen LogP contribution in [0.5, 0.6) is 0 Å². The highest BCUT2D eigenvalue weighted by molar-refractivity contribution is 6.11. The van der Waals surface area contributed by atoms with Crippen LogP contribution in [0, 0.1) is 17.6 Å². The fraction of sp³-hybridized carbons (Fsp3) is 0.400. The van der Waals surface area contributed by atoms with E-state index in [1.165, 1.54) is 11.0 Å². The van der Waals surface area contributed by atoms with Crippen molar-refractivity contribution in [1.82, 2.24) is 10.2 Å². The van der Waals surface area contributed by atoms with E-state index in [1.54, 1.807) is 35.2 Å². The van der Waals surface area contributed by atoms with Crippen molar-refractivity contribution in [2.45, 2.75) is 31.8 Å². The second-order valence-corrected chi connectivity index (χ2v) is 9.36. The summed E-state index contributed by atoms with van der Waals surface area (Å²) in [5.41, 5.74) is 0.749. The first-order valence-electron chi connectivity index (χ1n) is 11.5. The first-order chi connectivity index (χ1) is 16.3. The zero-order valence-electron chi connectivity index (χ0n) is 18.9. The number of hydrogen-bond acceptors (Lipinski definition) is 4. The maximum absolute atomic E-state index is 13.6. The number of halogens is 2. The van der Waals surface area contributed by atoms with Crippen molar-refractivity contribution in [3.63, 3.8) is 0 Å². The van der Waals surface area contributed by atoms with Crippen LogP contribution in [0.25, 0.3) is 0 Å². The van der Waals surface area contributed by atoms with Crippen molar-refractivity contribution in [3.05, 3.63) is 59.7 Å². The van der Waals surface area contributed by atoms with E-state index in [0.29, 0.717) is 49.4 Å². The van der Waals surface area contributed by atoms with Crippen LogP contribution in [0.1, 0.15) is 36.5 Å². The van der Waals surface area contributed by atoms with Crippen LogP contribution in [0.4, 0.5) is 20.2 Å². The van der Waals surface area contributed by atoms with E-state index in [0.717, 1.165) is 12.5 Å². The maximum atomic E-state index is 13.6. The number of carbonyl (C=O) groups excluding carboxylic acids is 3. The Kier molecular flexibility index (Phi) is 5.50. The second-order valence-electron chi connectivity index (χ2n) is 9.36. The van der Waals surface area contributed by atoms with Crippen molar-refractivity contribution >= 4 is 29.1 Å². The van der Waals surface area contributed by atoms with Gasteiger partial charge >= 0.3 is 0 Å². The average Bonchev–Trinajstić information content (AvgIpc) is 3.42. The third kappa shape index (κ3) is 3.69. The minimum atomic E-state index is -0.880. The molecule has 5 rings (SSSR count). The molecule has 3 amide bonds. The largest absolute Gasteiger partial charge is 0.371 e. The molecule has 2 atom stereocenters. The molecule has 2 fully saturated rings. The lowest BCUT2D eigenvalue weighted by Crippen LogP contribution is -2.64. The molecule has 0 bridgehead atoms. The predicted octanol–water partition coefficient (Wildman–Crippen LogP) is 2.91. The molecule has 9 heteroatoms. The van der Waals surface area contributed by atoms with Gasteiger partial charge in [0.05, 0.1) is 11.3 Å². The van der Waals surface area contributed by atoms with Crippen molar-refractivity contribution in [1.29, 1.82) is 0 Å². The Morgan fingerprint density at radius 1 is 1.15 bits per heavy atom. The van der Waals surface area contributed by atoms with Crippen LogP contribution in [0.2, 0.25) is 0 Å². The van der Waals surface area contributed by atoms with Gasteiger partial charge in [-0.25, -0.2) is 8.78 Å². The molecule has 0 radical (unpaired) electrons. The van der Waals surface area contributed by atoms with Gasteiger partial charge in [-0.2, -0.15) is 0 Å². The predicted molar refractivity (Wildman–Crippen MR) is 122 cm³/mol. The third-order valence-corrected chi connectivity index (χ3v) is 7.19. The Balaban J connectivity index is 1.23. The molecule has 0 aromatic heterocycles. The number of rotatable bonds is 5. The van der Waals surface area contributed by atoms with Gasteiger partial charge in [0, 0.05) is 37.8 Å². The summed E-state index contributed by atoms with van der Waals surface area (Å²) in [5, 5.41) is 2.92. The van der Waals surface area contributed by atoms with Crippen LogP contribution < -0.4 is 15.1 Å². The molecule has 2 saturated heterocycles. The Morgan fingerprint density at radius 2 is 1.94 bits per heavy atom. The number of amides is 3. The van der Waals surface area contributed by atoms with E-state index in [4.69, 9.17) is 0 Å². The summed E-state index contributed by atoms with van der Waals surface area (Å²) in [7, 11) is 0. The zero-order valence-corrected chi connectivity index (χ0v) is 18.9. The number of nitrogens with one attached hydrogen (secondary N) is 1. The van der Waals surface area contributed by atoms with Gasteiger partial charge in [-0.05, 0) is 49.9 Å². The van der Waals surface area contributed by atoms with Gasteiger partial charge in [0.1, 0.15) is 12.2 Å². The number of benzene rings is 2. The van der Waals surface area contributed by atoms with Crippen molar-refractivity contribution in [3.8, 4) is 0 Å². The molecule has 34 heavy (non-hydrogen) atoms. The van der Waals surface area contributed by atoms with Crippen LogP contribution in [0.15, 0.2) is 42.5 Å². The molecular weight excluding hydrogens is 442 g/mol. The summed E-state index contributed by atoms with van der Waals surface area (Å²) in [5.74, 6) is -2.22. The molecular formula is C25H26F2N4O3. The summed E-state index contributed by atoms with van der Waals surface area (Å²) < 4.78 is 26.8. The highest BCUT2D eigenvalue weighted by Gasteiger charge is 2.53. The molecule has 7 nitrogen and oxygen atoms in total. The van der Waals surface area contributed by atoms with Crippen molar-refractivity contribution < 1.29 is 23.2 Å². The van der Waals surface area contributed by atoms with Gasteiger partial charge in [-0.3, -0.25) is 19.3 Å². The molecule has 2 aromatic carbocycles. The number of anilines is 2. The van der Waals surface area contributed by atoms with E-state index in [-0.39, 0.29) is 30.2 Å². The molecule has 3 aliphatic rings. The molecule has 3 aliphatic heterocycles. The SMILES string of the molecule is CC12CCC(=O)N1c1ccccc1C(=O)N2CC(=O)NCC1CCN(c2ccc(F)c(F)c2)C1. The topological polar surface area (TPSA) is 73.0 Å². The van der Waals surface area contributed by atoms with Gasteiger partial charge in [0.2, 0.25) is 11.8 Å². The third-order valence-electron chi connectivity index (χ3n) is 7.19. The summed E-state index contributed by atoms with van der Waals surface area (Å²) in [4.78, 5) is 43.9. The Morgan fingerprint density at radius 3 is 2.74 bits per heavy atom. The molecule has 0 saturated carbocycles. The summed E-state index contributed by atoms with van der Waals surface area (Å²) in [6.45, 7) is 3.39. The van der Waals surface area contributed by atoms with Crippen LogP contribution >= 0.6 is 0 Å². The fourth-order valence-corrected chi connectivity index (χ4v) is 5.31. The Hall–Kier alpha value is -3.49. The fourth-order valence-electron chi connectivity index (χ4n) is 5.31. The molecule has 178 valence electrons. The lowest BCUT2D eigenvalue weighted by Gasteiger charge is -2.48. The first-order valence-corrected chi connectivity index (χ1v) is 11.5. The summed E-state index contributed by atoms with van der Waals surface area (Å²) in [6.07, 6.45) is 1.58. The summed E-state index contributed by atoms with van der Waals surface area (Å²) >= 11 is 0. The zero-order chi connectivity index (χ0) is 24.0. The molecule has 2 aromatic rings. The van der Waals surface area contributed by atoms with Crippen LogP contribution in [-0.4, -0.2) is 54.5 Å². The standard InChI is InChI=1S/C25H26F2N4O3/c1-25-10-8-23(33)31(25)21-5-3-2-4-18(21)24(34)30(25)15-22(32)28-13-16-9-11-29(14-16)17-6-7-19(26)20(27)12-17/h2-7,12,16H,8-11,13-15H2,1H3,(H,28,32). The normalized spacial score (nSPS) is 23.9. The minimum Gasteiger partial charge on any atom is -0.371 e. The minimum absolute atomic E-state index is 0.0591.